The van der Waals surface area contributed by atoms with Crippen LogP contribution < -0.4 is 0 Å². The van der Waals surface area contributed by atoms with Crippen molar-refractivity contribution in [3.8, 4) is 0 Å². The molecular weight excluding hydrogens is 371 g/mol. The fourth-order valence-electron chi connectivity index (χ4n) is 1.50. The van der Waals surface area contributed by atoms with Gasteiger partial charge >= 0.3 is 22.6 Å². The quantitative estimate of drug-likeness (QED) is 0.220. The number of hydrogen-bond donors (Lipinski definition) is 1. The van der Waals surface area contributed by atoms with Gasteiger partial charge in [-0.3, -0.25) is 4.79 Å². The molecule has 2 aromatic carbocycles. The third kappa shape index (κ3) is 7.51. The molecule has 0 spiro atoms. The fraction of sp³-hybridized carbons (Fsp3) is 0. The van der Waals surface area contributed by atoms with Crippen LogP contribution in [0.1, 0.15) is 15.9 Å². The fourth-order valence-corrected chi connectivity index (χ4v) is 1.50. The molecule has 5 heteroatoms. The Bertz CT molecular complexity index is 610. The molecule has 113 valence electrons. The molecule has 0 heterocycles. The molecule has 4 nitrogen and oxygen atoms in total. The maximum Gasteiger partial charge on any atom is 0 e. The van der Waals surface area contributed by atoms with E-state index in [-0.39, 0.29) is 31.0 Å². The summed E-state index contributed by atoms with van der Waals surface area (Å²) in [5.74, 6) is -0.216. The van der Waals surface area contributed by atoms with Crippen molar-refractivity contribution in [2.75, 3.05) is 0 Å². The number of ketones is 1. The molecule has 0 aromatic heterocycles. The number of allylic oxidation sites excluding steroid dienone is 1. The molecule has 0 aliphatic heterocycles. The average Bonchev–Trinajstić information content (AvgIpc) is 2.60. The maximum atomic E-state index is 11.8. The monoisotopic (exact) mass is 383 g/mol. The summed E-state index contributed by atoms with van der Waals surface area (Å²) in [6, 6.07) is 17.9. The number of hydrogen-bond acceptors (Lipinski definition) is 2. The Kier molecular flexibility index (Phi) is 13.7. The Balaban J connectivity index is 0. The molecular formula is C17H12O4Rh. The largest absolute Gasteiger partial charge is 0 e. The van der Waals surface area contributed by atoms with E-state index in [4.69, 9.17) is 9.30 Å². The van der Waals surface area contributed by atoms with Gasteiger partial charge in [-0.1, -0.05) is 60.7 Å². The second kappa shape index (κ2) is 13.7. The van der Waals surface area contributed by atoms with Gasteiger partial charge in [-0.25, -0.2) is 0 Å². The zero-order valence-corrected chi connectivity index (χ0v) is 13.0. The van der Waals surface area contributed by atoms with E-state index < -0.39 is 0 Å². The number of benzene rings is 2. The molecule has 22 heavy (non-hydrogen) atoms. The first-order valence-electron chi connectivity index (χ1n) is 5.73. The average molecular weight is 383 g/mol. The normalized spacial score (nSPS) is 8.82. The van der Waals surface area contributed by atoms with Crippen molar-refractivity contribution in [3.63, 3.8) is 0 Å². The van der Waals surface area contributed by atoms with Gasteiger partial charge in [0.2, 0.25) is 0 Å². The van der Waals surface area contributed by atoms with Gasteiger partial charge < -0.3 is 5.11 Å². The predicted molar refractivity (Wildman–Crippen MR) is 75.7 cm³/mol. The van der Waals surface area contributed by atoms with Crippen molar-refractivity contribution in [2.24, 2.45) is 0 Å². The summed E-state index contributed by atoms with van der Waals surface area (Å²) in [5.41, 5.74) is 1.20. The van der Waals surface area contributed by atoms with E-state index in [0.717, 1.165) is 0 Å². The predicted octanol–water partition coefficient (Wildman–Crippen LogP) is 3.39. The van der Waals surface area contributed by atoms with Crippen molar-refractivity contribution in [1.29, 1.82) is 0 Å². The number of rotatable bonds is 3. The third-order valence-electron chi connectivity index (χ3n) is 2.40. The summed E-state index contributed by atoms with van der Waals surface area (Å²) in [6.07, 6.45) is 1.24. The molecule has 0 saturated heterocycles. The molecule has 1 N–H and O–H groups in total. The van der Waals surface area contributed by atoms with Crippen LogP contribution in [0.15, 0.2) is 66.7 Å². The van der Waals surface area contributed by atoms with E-state index in [1.165, 1.54) is 6.08 Å². The molecule has 0 saturated carbocycles. The summed E-state index contributed by atoms with van der Waals surface area (Å²) >= 11 is 0. The molecule has 0 fully saturated rings. The zero-order chi connectivity index (χ0) is 16.1. The first-order valence-corrected chi connectivity index (χ1v) is 5.73. The van der Waals surface area contributed by atoms with E-state index in [9.17, 15) is 9.90 Å². The summed E-state index contributed by atoms with van der Waals surface area (Å²) < 4.78 is 15.0. The first-order chi connectivity index (χ1) is 10.3. The Hall–Kier alpha value is -2.25. The van der Waals surface area contributed by atoms with Crippen LogP contribution in [0.25, 0.3) is 5.76 Å². The van der Waals surface area contributed by atoms with Crippen LogP contribution in [-0.4, -0.2) is 10.9 Å². The van der Waals surface area contributed by atoms with E-state index in [1.807, 2.05) is 24.3 Å². The SMILES string of the molecule is O=C(/C=C(\O)c1ccccc1)c1ccccc1.[C-]#[O+].[C-]#[O+].[Rh]. The molecule has 0 atom stereocenters. The van der Waals surface area contributed by atoms with Crippen LogP contribution in [0, 0.1) is 13.3 Å². The van der Waals surface area contributed by atoms with Crippen molar-refractivity contribution < 1.29 is 38.7 Å². The van der Waals surface area contributed by atoms with Crippen molar-refractivity contribution in [1.82, 2.24) is 0 Å². The summed E-state index contributed by atoms with van der Waals surface area (Å²) in [4.78, 5) is 11.8. The van der Waals surface area contributed by atoms with Gasteiger partial charge in [-0.15, -0.1) is 0 Å². The minimum absolute atomic E-state index is 0. The van der Waals surface area contributed by atoms with Crippen LogP contribution in [0.2, 0.25) is 0 Å². The van der Waals surface area contributed by atoms with E-state index in [1.54, 1.807) is 36.4 Å². The van der Waals surface area contributed by atoms with Crippen LogP contribution in [0.3, 0.4) is 0 Å². The summed E-state index contributed by atoms with van der Waals surface area (Å²) in [6.45, 7) is 9.00. The van der Waals surface area contributed by atoms with Crippen molar-refractivity contribution in [2.45, 2.75) is 0 Å². The molecule has 2 rings (SSSR count). The molecule has 0 aliphatic carbocycles. The first kappa shape index (κ1) is 22.0. The van der Waals surface area contributed by atoms with Gasteiger partial charge in [-0.2, -0.15) is 0 Å². The van der Waals surface area contributed by atoms with Crippen molar-refractivity contribution >= 4 is 11.5 Å². The molecule has 0 bridgehead atoms. The standard InChI is InChI=1S/C15H12O2.2CO.Rh/c16-14(12-7-3-1-4-8-12)11-15(17)13-9-5-2-6-10-13;2*1-2;/h1-11,16H;;;/b14-11-;;;. The smallest absolute Gasteiger partial charge is 0 e. The summed E-state index contributed by atoms with van der Waals surface area (Å²) in [5, 5.41) is 9.79. The van der Waals surface area contributed by atoms with E-state index in [0.29, 0.717) is 11.1 Å². The summed E-state index contributed by atoms with van der Waals surface area (Å²) in [7, 11) is 0. The minimum atomic E-state index is -0.202. The Labute approximate surface area is 141 Å². The van der Waals surface area contributed by atoms with Crippen LogP contribution in [-0.2, 0) is 28.8 Å². The van der Waals surface area contributed by atoms with Crippen molar-refractivity contribution in [3.05, 3.63) is 91.2 Å². The second-order valence-electron chi connectivity index (χ2n) is 3.63. The molecule has 2 aromatic rings. The molecule has 0 unspecified atom stereocenters. The topological polar surface area (TPSA) is 77.1 Å². The molecule has 0 aliphatic rings. The van der Waals surface area contributed by atoms with Crippen LogP contribution in [0.4, 0.5) is 0 Å². The number of aliphatic hydroxyl groups excluding tert-OH is 1. The van der Waals surface area contributed by atoms with E-state index >= 15 is 0 Å². The third-order valence-corrected chi connectivity index (χ3v) is 2.40. The van der Waals surface area contributed by atoms with Gasteiger partial charge in [0.1, 0.15) is 5.76 Å². The van der Waals surface area contributed by atoms with Crippen LogP contribution >= 0.6 is 0 Å². The Morgan fingerprint density at radius 2 is 1.18 bits per heavy atom. The van der Waals surface area contributed by atoms with Gasteiger partial charge in [0.15, 0.2) is 5.78 Å². The number of aliphatic hydroxyl groups is 1. The number of carbonyl (C=O) groups excluding carboxylic acids is 1. The molecule has 1 radical (unpaired) electrons. The Morgan fingerprint density at radius 1 is 0.818 bits per heavy atom. The molecule has 0 amide bonds. The van der Waals surface area contributed by atoms with Gasteiger partial charge in [0, 0.05) is 36.7 Å². The number of carbonyl (C=O) groups is 1. The second-order valence-corrected chi connectivity index (χ2v) is 3.63. The van der Waals surface area contributed by atoms with Gasteiger partial charge in [0.25, 0.3) is 0 Å². The van der Waals surface area contributed by atoms with Gasteiger partial charge in [0.05, 0.1) is 0 Å². The zero-order valence-electron chi connectivity index (χ0n) is 11.4. The van der Waals surface area contributed by atoms with Crippen LogP contribution in [0.5, 0.6) is 0 Å². The van der Waals surface area contributed by atoms with Gasteiger partial charge in [-0.05, 0) is 0 Å². The maximum absolute atomic E-state index is 11.8. The minimum Gasteiger partial charge on any atom is 0 e. The van der Waals surface area contributed by atoms with E-state index in [2.05, 4.69) is 13.3 Å². The Morgan fingerprint density at radius 3 is 1.59 bits per heavy atom.